The van der Waals surface area contributed by atoms with Crippen molar-refractivity contribution in [3.8, 4) is 11.5 Å². The van der Waals surface area contributed by atoms with E-state index in [1.165, 1.54) is 0 Å². The molecule has 5 nitrogen and oxygen atoms in total. The molecule has 0 aromatic heterocycles. The predicted molar refractivity (Wildman–Crippen MR) is 94.7 cm³/mol. The molecule has 128 valence electrons. The van der Waals surface area contributed by atoms with E-state index < -0.39 is 6.10 Å². The average Bonchev–Trinajstić information content (AvgIpc) is 2.62. The number of morpholine rings is 1. The summed E-state index contributed by atoms with van der Waals surface area (Å²) in [5.74, 6) is 1.49. The van der Waals surface area contributed by atoms with Gasteiger partial charge in [-0.1, -0.05) is 30.3 Å². The molecule has 1 amide bonds. The maximum Gasteiger partial charge on any atom is 0.250 e. The van der Waals surface area contributed by atoms with Crippen LogP contribution in [0.15, 0.2) is 54.6 Å². The third-order valence-corrected chi connectivity index (χ3v) is 3.59. The number of carbonyl (C=O) groups excluding carboxylic acids is 1. The summed E-state index contributed by atoms with van der Waals surface area (Å²) in [7, 11) is 0. The van der Waals surface area contributed by atoms with E-state index in [0.29, 0.717) is 19.7 Å². The van der Waals surface area contributed by atoms with Crippen molar-refractivity contribution in [3.05, 3.63) is 60.2 Å². The van der Waals surface area contributed by atoms with Gasteiger partial charge in [0.1, 0.15) is 17.6 Å². The molecule has 1 saturated heterocycles. The maximum absolute atomic E-state index is 12.0. The molecule has 1 fully saturated rings. The van der Waals surface area contributed by atoms with Gasteiger partial charge in [0.25, 0.3) is 5.91 Å². The fourth-order valence-corrected chi connectivity index (χ4v) is 2.34. The molecular formula is C18H21ClN2O3. The van der Waals surface area contributed by atoms with Crippen molar-refractivity contribution in [2.75, 3.05) is 19.7 Å². The number of benzene rings is 2. The summed E-state index contributed by atoms with van der Waals surface area (Å²) in [4.78, 5) is 12.0. The monoisotopic (exact) mass is 348 g/mol. The molecule has 1 heterocycles. The van der Waals surface area contributed by atoms with E-state index in [0.717, 1.165) is 23.6 Å². The van der Waals surface area contributed by atoms with Crippen molar-refractivity contribution < 1.29 is 14.3 Å². The molecule has 0 spiro atoms. The lowest BCUT2D eigenvalue weighted by Gasteiger charge is -2.22. The van der Waals surface area contributed by atoms with Crippen LogP contribution < -0.4 is 15.4 Å². The van der Waals surface area contributed by atoms with Gasteiger partial charge in [0.2, 0.25) is 0 Å². The third kappa shape index (κ3) is 5.23. The molecule has 1 atom stereocenters. The second-order valence-electron chi connectivity index (χ2n) is 5.34. The van der Waals surface area contributed by atoms with E-state index >= 15 is 0 Å². The SMILES string of the molecule is Cl.O=C(NCc1ccc(Oc2ccccc2)cc1)C1CNCCO1. The molecule has 1 aliphatic heterocycles. The van der Waals surface area contributed by atoms with Gasteiger partial charge in [-0.05, 0) is 29.8 Å². The standard InChI is InChI=1S/C18H20N2O3.ClH/c21-18(17-13-19-10-11-22-17)20-12-14-6-8-16(9-7-14)23-15-4-2-1-3-5-15;/h1-9,17,19H,10-13H2,(H,20,21);1H. The highest BCUT2D eigenvalue weighted by Gasteiger charge is 2.21. The van der Waals surface area contributed by atoms with Crippen LogP contribution in [0.2, 0.25) is 0 Å². The van der Waals surface area contributed by atoms with Gasteiger partial charge in [-0.3, -0.25) is 4.79 Å². The van der Waals surface area contributed by atoms with Crippen LogP contribution >= 0.6 is 12.4 Å². The number of carbonyl (C=O) groups is 1. The fourth-order valence-electron chi connectivity index (χ4n) is 2.34. The number of ether oxygens (including phenoxy) is 2. The number of hydrogen-bond acceptors (Lipinski definition) is 4. The van der Waals surface area contributed by atoms with Crippen LogP contribution in [-0.4, -0.2) is 31.7 Å². The lowest BCUT2D eigenvalue weighted by Crippen LogP contribution is -2.47. The van der Waals surface area contributed by atoms with Crippen molar-refractivity contribution in [1.29, 1.82) is 0 Å². The highest BCUT2D eigenvalue weighted by molar-refractivity contribution is 5.85. The molecule has 2 aromatic rings. The Morgan fingerprint density at radius 1 is 1.12 bits per heavy atom. The first-order chi connectivity index (χ1) is 11.3. The van der Waals surface area contributed by atoms with Crippen molar-refractivity contribution in [2.24, 2.45) is 0 Å². The van der Waals surface area contributed by atoms with Crippen molar-refractivity contribution in [1.82, 2.24) is 10.6 Å². The summed E-state index contributed by atoms with van der Waals surface area (Å²) >= 11 is 0. The minimum Gasteiger partial charge on any atom is -0.457 e. The molecular weight excluding hydrogens is 328 g/mol. The van der Waals surface area contributed by atoms with Gasteiger partial charge in [-0.15, -0.1) is 12.4 Å². The summed E-state index contributed by atoms with van der Waals surface area (Å²) in [6.07, 6.45) is -0.399. The smallest absolute Gasteiger partial charge is 0.250 e. The largest absolute Gasteiger partial charge is 0.457 e. The Morgan fingerprint density at radius 3 is 2.50 bits per heavy atom. The number of rotatable bonds is 5. The van der Waals surface area contributed by atoms with Gasteiger partial charge in [0.05, 0.1) is 6.61 Å². The van der Waals surface area contributed by atoms with E-state index in [9.17, 15) is 4.79 Å². The normalized spacial score (nSPS) is 16.8. The number of amides is 1. The second kappa shape index (κ2) is 9.27. The summed E-state index contributed by atoms with van der Waals surface area (Å²) in [5.41, 5.74) is 1.02. The highest BCUT2D eigenvalue weighted by atomic mass is 35.5. The molecule has 2 aromatic carbocycles. The topological polar surface area (TPSA) is 59.6 Å². The van der Waals surface area contributed by atoms with Gasteiger partial charge in [0.15, 0.2) is 0 Å². The van der Waals surface area contributed by atoms with Crippen molar-refractivity contribution in [3.63, 3.8) is 0 Å². The zero-order valence-corrected chi connectivity index (χ0v) is 14.1. The van der Waals surface area contributed by atoms with Crippen LogP contribution in [0, 0.1) is 0 Å². The molecule has 0 saturated carbocycles. The van der Waals surface area contributed by atoms with Crippen LogP contribution in [-0.2, 0) is 16.1 Å². The van der Waals surface area contributed by atoms with Gasteiger partial charge < -0.3 is 20.1 Å². The van der Waals surface area contributed by atoms with Crippen LogP contribution in [0.3, 0.4) is 0 Å². The molecule has 1 unspecified atom stereocenters. The van der Waals surface area contributed by atoms with Gasteiger partial charge >= 0.3 is 0 Å². The van der Waals surface area contributed by atoms with E-state index in [1.807, 2.05) is 54.6 Å². The van der Waals surface area contributed by atoms with E-state index in [2.05, 4.69) is 10.6 Å². The predicted octanol–water partition coefficient (Wildman–Crippen LogP) is 2.51. The summed E-state index contributed by atoms with van der Waals surface area (Å²) in [6.45, 7) is 2.41. The van der Waals surface area contributed by atoms with Crippen LogP contribution in [0.4, 0.5) is 0 Å². The zero-order valence-electron chi connectivity index (χ0n) is 13.2. The number of hydrogen-bond donors (Lipinski definition) is 2. The lowest BCUT2D eigenvalue weighted by molar-refractivity contribution is -0.134. The molecule has 6 heteroatoms. The number of nitrogens with one attached hydrogen (secondary N) is 2. The Kier molecular flexibility index (Phi) is 7.06. The molecule has 0 bridgehead atoms. The Bertz CT molecular complexity index is 628. The van der Waals surface area contributed by atoms with E-state index in [-0.39, 0.29) is 18.3 Å². The Balaban J connectivity index is 0.00000208. The van der Waals surface area contributed by atoms with Crippen molar-refractivity contribution in [2.45, 2.75) is 12.6 Å². The average molecular weight is 349 g/mol. The zero-order chi connectivity index (χ0) is 15.9. The summed E-state index contributed by atoms with van der Waals surface area (Å²) < 4.78 is 11.2. The first-order valence-electron chi connectivity index (χ1n) is 7.73. The third-order valence-electron chi connectivity index (χ3n) is 3.59. The second-order valence-corrected chi connectivity index (χ2v) is 5.34. The lowest BCUT2D eigenvalue weighted by atomic mass is 10.2. The highest BCUT2D eigenvalue weighted by Crippen LogP contribution is 2.21. The van der Waals surface area contributed by atoms with Crippen molar-refractivity contribution >= 4 is 18.3 Å². The minimum absolute atomic E-state index is 0. The Morgan fingerprint density at radius 2 is 1.83 bits per heavy atom. The molecule has 0 radical (unpaired) electrons. The van der Waals surface area contributed by atoms with Crippen LogP contribution in [0.1, 0.15) is 5.56 Å². The summed E-state index contributed by atoms with van der Waals surface area (Å²) in [5, 5.41) is 6.04. The molecule has 0 aliphatic carbocycles. The molecule has 3 rings (SSSR count). The maximum atomic E-state index is 12.0. The minimum atomic E-state index is -0.399. The van der Waals surface area contributed by atoms with Crippen LogP contribution in [0.5, 0.6) is 11.5 Å². The molecule has 1 aliphatic rings. The number of halogens is 1. The van der Waals surface area contributed by atoms with E-state index in [4.69, 9.17) is 9.47 Å². The van der Waals surface area contributed by atoms with Gasteiger partial charge in [-0.2, -0.15) is 0 Å². The van der Waals surface area contributed by atoms with Gasteiger partial charge in [-0.25, -0.2) is 0 Å². The first-order valence-corrected chi connectivity index (χ1v) is 7.73. The van der Waals surface area contributed by atoms with Crippen LogP contribution in [0.25, 0.3) is 0 Å². The Labute approximate surface area is 147 Å². The first kappa shape index (κ1) is 18.3. The van der Waals surface area contributed by atoms with Gasteiger partial charge in [0, 0.05) is 19.6 Å². The summed E-state index contributed by atoms with van der Waals surface area (Å²) in [6, 6.07) is 17.3. The molecule has 2 N–H and O–H groups in total. The quantitative estimate of drug-likeness (QED) is 0.871. The molecule has 24 heavy (non-hydrogen) atoms. The fraction of sp³-hybridized carbons (Fsp3) is 0.278. The number of para-hydroxylation sites is 1. The Hall–Kier alpha value is -2.08. The van der Waals surface area contributed by atoms with E-state index in [1.54, 1.807) is 0 Å².